The zero-order chi connectivity index (χ0) is 34.7. The number of fused-ring (bicyclic) bond motifs is 4. The number of esters is 1. The number of imidazole rings is 1. The van der Waals surface area contributed by atoms with Crippen LogP contribution in [-0.4, -0.2) is 87.4 Å². The lowest BCUT2D eigenvalue weighted by molar-refractivity contribution is -0.241. The molecule has 1 N–H and O–H groups in total. The molecule has 8 rings (SSSR count). The molecule has 5 saturated carbocycles. The lowest BCUT2D eigenvalue weighted by Gasteiger charge is -2.60. The van der Waals surface area contributed by atoms with Gasteiger partial charge in [-0.1, -0.05) is 20.8 Å². The summed E-state index contributed by atoms with van der Waals surface area (Å²) in [7, 11) is 1.85. The van der Waals surface area contributed by atoms with Crippen molar-refractivity contribution in [1.82, 2.24) is 14.5 Å². The molecule has 0 aromatic carbocycles. The van der Waals surface area contributed by atoms with Crippen LogP contribution < -0.4 is 0 Å². The minimum absolute atomic E-state index is 0. The van der Waals surface area contributed by atoms with Crippen LogP contribution in [0.2, 0.25) is 0 Å². The molecule has 1 amide bonds. The third-order valence-electron chi connectivity index (χ3n) is 15.5. The number of aryl methyl sites for hydroxylation is 1. The summed E-state index contributed by atoms with van der Waals surface area (Å²) < 4.78 is 27.3. The highest BCUT2D eigenvalue weighted by Crippen LogP contribution is 2.87. The van der Waals surface area contributed by atoms with E-state index >= 15 is 0 Å². The molecule has 2 saturated heterocycles. The number of ether oxygens (including phenoxy) is 4. The van der Waals surface area contributed by atoms with Crippen molar-refractivity contribution < 1.29 is 35.1 Å². The maximum atomic E-state index is 13.2. The number of aromatic nitrogens is 2. The Morgan fingerprint density at radius 2 is 1.84 bits per heavy atom. The number of hydrogen-bond acceptors (Lipinski definition) is 8. The fourth-order valence-corrected chi connectivity index (χ4v) is 13.4. The third kappa shape index (κ3) is 5.11. The molecule has 10 heteroatoms. The van der Waals surface area contributed by atoms with Crippen LogP contribution in [0.25, 0.3) is 0 Å². The van der Waals surface area contributed by atoms with Gasteiger partial charge in [0.15, 0.2) is 18.2 Å². The second-order valence-electron chi connectivity index (χ2n) is 18.6. The van der Waals surface area contributed by atoms with Crippen molar-refractivity contribution in [2.75, 3.05) is 19.7 Å². The van der Waals surface area contributed by atoms with Crippen molar-refractivity contribution in [2.24, 2.45) is 52.4 Å². The molecule has 7 aliphatic rings. The van der Waals surface area contributed by atoms with Crippen molar-refractivity contribution >= 4 is 11.9 Å². The van der Waals surface area contributed by atoms with Crippen molar-refractivity contribution in [1.29, 1.82) is 0 Å². The fraction of sp³-hybridized carbons (Fsp3) is 0.872. The molecule has 2 spiro atoms. The summed E-state index contributed by atoms with van der Waals surface area (Å²) in [4.78, 5) is 31.3. The Bertz CT molecular complexity index is 1480. The summed E-state index contributed by atoms with van der Waals surface area (Å²) in [5.74, 6) is 2.55. The topological polar surface area (TPSA) is 112 Å². The minimum Gasteiger partial charge on any atom is -0.457 e. The summed E-state index contributed by atoms with van der Waals surface area (Å²) >= 11 is 0. The molecule has 12 atom stereocenters. The zero-order valence-electron chi connectivity index (χ0n) is 30.8. The lowest BCUT2D eigenvalue weighted by atomic mass is 9.46. The number of morpholine rings is 1. The van der Waals surface area contributed by atoms with Crippen LogP contribution in [0.1, 0.15) is 118 Å². The van der Waals surface area contributed by atoms with Gasteiger partial charge in [0, 0.05) is 34.3 Å². The molecule has 0 radical (unpaired) electrons. The van der Waals surface area contributed by atoms with Crippen molar-refractivity contribution in [3.63, 3.8) is 0 Å². The van der Waals surface area contributed by atoms with E-state index in [4.69, 9.17) is 18.9 Å². The summed E-state index contributed by atoms with van der Waals surface area (Å²) in [5, 5.41) is 10.9. The van der Waals surface area contributed by atoms with Crippen LogP contribution in [0.3, 0.4) is 0 Å². The van der Waals surface area contributed by atoms with Crippen LogP contribution in [0, 0.1) is 45.3 Å². The van der Waals surface area contributed by atoms with E-state index in [1.807, 2.05) is 11.9 Å². The van der Waals surface area contributed by atoms with Crippen molar-refractivity contribution in [2.45, 2.75) is 142 Å². The Kier molecular flexibility index (Phi) is 8.00. The number of rotatable bonds is 6. The molecular weight excluding hydrogens is 622 g/mol. The van der Waals surface area contributed by atoms with E-state index in [0.29, 0.717) is 54.1 Å². The number of amides is 1. The van der Waals surface area contributed by atoms with Gasteiger partial charge in [-0.25, -0.2) is 4.98 Å². The smallest absolute Gasteiger partial charge is 0.303 e. The SMILES string of the molecule is CC(=O)O[C@@H](C1CCC2C(CC3C4CCC5C(C)(C)[C@@H](OC6CN(C(=O)c7nccn7C)CCO6)CC[C@@]56CC46CC[C@]23C)O1)C(C)(C)O.[HH]. The van der Waals surface area contributed by atoms with Gasteiger partial charge in [-0.15, -0.1) is 0 Å². The summed E-state index contributed by atoms with van der Waals surface area (Å²) in [6.07, 6.45) is 14.1. The second-order valence-corrected chi connectivity index (χ2v) is 18.6. The maximum absolute atomic E-state index is 13.2. The molecule has 1 aromatic heterocycles. The Morgan fingerprint density at radius 3 is 2.55 bits per heavy atom. The lowest BCUT2D eigenvalue weighted by Crippen LogP contribution is -2.56. The molecule has 274 valence electrons. The average molecular weight is 684 g/mol. The van der Waals surface area contributed by atoms with Crippen LogP contribution in [0.4, 0.5) is 0 Å². The maximum Gasteiger partial charge on any atom is 0.303 e. The van der Waals surface area contributed by atoms with Gasteiger partial charge in [-0.05, 0) is 123 Å². The Labute approximate surface area is 293 Å². The molecule has 2 aliphatic heterocycles. The van der Waals surface area contributed by atoms with Crippen LogP contribution in [0.5, 0.6) is 0 Å². The van der Waals surface area contributed by atoms with Gasteiger partial charge in [0.1, 0.15) is 0 Å². The van der Waals surface area contributed by atoms with Gasteiger partial charge in [0.25, 0.3) is 5.91 Å². The second kappa shape index (κ2) is 11.5. The van der Waals surface area contributed by atoms with E-state index in [9.17, 15) is 14.7 Å². The first-order valence-corrected chi connectivity index (χ1v) is 19.2. The molecule has 3 heterocycles. The number of hydrogen-bond donors (Lipinski definition) is 1. The zero-order valence-corrected chi connectivity index (χ0v) is 30.8. The third-order valence-corrected chi connectivity index (χ3v) is 15.5. The summed E-state index contributed by atoms with van der Waals surface area (Å²) in [5.41, 5.74) is -0.0379. The molecule has 5 aliphatic carbocycles. The van der Waals surface area contributed by atoms with Crippen LogP contribution >= 0.6 is 0 Å². The molecular formula is C39H61N3O7. The van der Waals surface area contributed by atoms with Gasteiger partial charge in [-0.2, -0.15) is 0 Å². The summed E-state index contributed by atoms with van der Waals surface area (Å²) in [6, 6.07) is 0. The summed E-state index contributed by atoms with van der Waals surface area (Å²) in [6.45, 7) is 13.8. The van der Waals surface area contributed by atoms with E-state index in [1.165, 1.54) is 45.4 Å². The van der Waals surface area contributed by atoms with E-state index in [-0.39, 0.29) is 42.4 Å². The van der Waals surface area contributed by atoms with E-state index in [2.05, 4.69) is 25.8 Å². The molecule has 49 heavy (non-hydrogen) atoms. The first kappa shape index (κ1) is 34.1. The highest BCUT2D eigenvalue weighted by Gasteiger charge is 2.80. The Morgan fingerprint density at radius 1 is 1.06 bits per heavy atom. The van der Waals surface area contributed by atoms with E-state index in [1.54, 1.807) is 30.8 Å². The van der Waals surface area contributed by atoms with Gasteiger partial charge >= 0.3 is 5.97 Å². The Balaban J connectivity index is 0.00000392. The Hall–Kier alpha value is -2.01. The standard InChI is InChI=1S/C39H59N3O7.H2/c1-23(43)47-32(36(4,5)45)27-10-8-25-28(48-27)20-26-24-9-11-29-35(2,3)30(12-13-39(29)22-38(24,39)15-14-37(25,26)6)49-31-21-42(18-19-46-31)34(44)33-40-16-17-41(33)7;/h16-17,24-32,45H,8-15,18-22H2,1-7H3;1H/t24?,25?,26?,27?,28?,29?,30-,31?,32-,37+,38?,39+;/m0./s1. The van der Waals surface area contributed by atoms with Gasteiger partial charge in [0.2, 0.25) is 0 Å². The largest absolute Gasteiger partial charge is 0.457 e. The number of carbonyl (C=O) groups excluding carboxylic acids is 2. The molecule has 1 aromatic rings. The monoisotopic (exact) mass is 683 g/mol. The van der Waals surface area contributed by atoms with Gasteiger partial charge < -0.3 is 33.5 Å². The first-order valence-electron chi connectivity index (χ1n) is 19.2. The van der Waals surface area contributed by atoms with Gasteiger partial charge in [-0.3, -0.25) is 9.59 Å². The van der Waals surface area contributed by atoms with Crippen molar-refractivity contribution in [3.8, 4) is 0 Å². The minimum atomic E-state index is -1.16. The predicted octanol–water partition coefficient (Wildman–Crippen LogP) is 5.76. The van der Waals surface area contributed by atoms with Gasteiger partial charge in [0.05, 0.1) is 37.1 Å². The van der Waals surface area contributed by atoms with E-state index in [0.717, 1.165) is 31.6 Å². The highest BCUT2D eigenvalue weighted by atomic mass is 16.7. The molecule has 8 unspecified atom stereocenters. The fourth-order valence-electron chi connectivity index (χ4n) is 13.4. The first-order chi connectivity index (χ1) is 23.1. The normalized spacial score (nSPS) is 44.4. The number of aliphatic hydroxyl groups is 1. The number of nitrogens with zero attached hydrogens (tertiary/aromatic N) is 3. The van der Waals surface area contributed by atoms with Crippen LogP contribution in [0.15, 0.2) is 12.4 Å². The average Bonchev–Trinajstić information content (AvgIpc) is 3.34. The quantitative estimate of drug-likeness (QED) is 0.377. The highest BCUT2D eigenvalue weighted by molar-refractivity contribution is 5.90. The molecule has 10 nitrogen and oxygen atoms in total. The van der Waals surface area contributed by atoms with Crippen LogP contribution in [-0.2, 0) is 30.8 Å². The van der Waals surface area contributed by atoms with E-state index < -0.39 is 18.0 Å². The molecule has 0 bridgehead atoms. The predicted molar refractivity (Wildman–Crippen MR) is 183 cm³/mol. The van der Waals surface area contributed by atoms with Crippen molar-refractivity contribution in [3.05, 3.63) is 18.2 Å². The number of carbonyl (C=O) groups is 2. The molecule has 7 fully saturated rings.